The number of hydrogen-bond donors (Lipinski definition) is 3. The van der Waals surface area contributed by atoms with Gasteiger partial charge in [0.2, 0.25) is 0 Å². The molecule has 0 bridgehead atoms. The zero-order valence-electron chi connectivity index (χ0n) is 13.3. The van der Waals surface area contributed by atoms with E-state index in [1.54, 1.807) is 24.3 Å². The average molecular weight is 356 g/mol. The quantitative estimate of drug-likeness (QED) is 0.649. The molecule has 0 spiro atoms. The predicted octanol–water partition coefficient (Wildman–Crippen LogP) is 2.69. The highest BCUT2D eigenvalue weighted by Gasteiger charge is 2.15. The van der Waals surface area contributed by atoms with E-state index < -0.39 is 30.0 Å². The molecule has 0 aliphatic carbocycles. The molecule has 132 valence electrons. The molecule has 0 unspecified atom stereocenters. The van der Waals surface area contributed by atoms with Crippen LogP contribution in [0.4, 0.5) is 4.39 Å². The van der Waals surface area contributed by atoms with Crippen molar-refractivity contribution in [1.82, 2.24) is 10.3 Å². The van der Waals surface area contributed by atoms with Crippen LogP contribution in [-0.2, 0) is 4.79 Å². The monoisotopic (exact) mass is 356 g/mol. The van der Waals surface area contributed by atoms with Crippen molar-refractivity contribution in [3.63, 3.8) is 0 Å². The number of fused-ring (bicyclic) bond motifs is 1. The van der Waals surface area contributed by atoms with Crippen LogP contribution in [0.1, 0.15) is 10.5 Å². The highest BCUT2D eigenvalue weighted by atomic mass is 19.1. The number of halogens is 1. The topological polar surface area (TPSA) is 109 Å². The van der Waals surface area contributed by atoms with Gasteiger partial charge in [0.05, 0.1) is 5.52 Å². The molecule has 1 aromatic heterocycles. The van der Waals surface area contributed by atoms with Gasteiger partial charge in [-0.25, -0.2) is 9.37 Å². The van der Waals surface area contributed by atoms with Crippen LogP contribution in [-0.4, -0.2) is 33.6 Å². The number of carbonyl (C=O) groups is 2. The molecule has 3 rings (SSSR count). The summed E-state index contributed by atoms with van der Waals surface area (Å²) in [6.07, 6.45) is 0. The Hall–Kier alpha value is -3.68. The number of ether oxygens (including phenoxy) is 1. The molecule has 0 aliphatic rings. The summed E-state index contributed by atoms with van der Waals surface area (Å²) >= 11 is 0. The Kier molecular flexibility index (Phi) is 4.66. The molecule has 0 atom stereocenters. The van der Waals surface area contributed by atoms with Gasteiger partial charge >= 0.3 is 5.97 Å². The molecule has 0 fully saturated rings. The number of aromatic hydroxyl groups is 1. The second-order valence-electron chi connectivity index (χ2n) is 5.35. The van der Waals surface area contributed by atoms with Crippen LogP contribution >= 0.6 is 0 Å². The predicted molar refractivity (Wildman–Crippen MR) is 89.9 cm³/mol. The van der Waals surface area contributed by atoms with Gasteiger partial charge in [-0.2, -0.15) is 0 Å². The number of aliphatic carboxylic acids is 1. The smallest absolute Gasteiger partial charge is 0.322 e. The third-order valence-electron chi connectivity index (χ3n) is 3.41. The first kappa shape index (κ1) is 17.2. The fraction of sp³-hybridized carbons (Fsp3) is 0.0556. The number of aromatic nitrogens is 1. The molecule has 8 heteroatoms. The number of amides is 1. The van der Waals surface area contributed by atoms with Gasteiger partial charge in [-0.05, 0) is 36.4 Å². The van der Waals surface area contributed by atoms with Crippen molar-refractivity contribution in [1.29, 1.82) is 0 Å². The minimum absolute atomic E-state index is 0.280. The average Bonchev–Trinajstić information content (AvgIpc) is 2.59. The summed E-state index contributed by atoms with van der Waals surface area (Å²) in [5.41, 5.74) is 0.118. The summed E-state index contributed by atoms with van der Waals surface area (Å²) in [5.74, 6) is -2.13. The largest absolute Gasteiger partial charge is 0.505 e. The second kappa shape index (κ2) is 7.06. The van der Waals surface area contributed by atoms with E-state index >= 15 is 0 Å². The number of carboxylic acid groups (broad SMARTS) is 1. The number of hydrogen-bond acceptors (Lipinski definition) is 5. The van der Waals surface area contributed by atoms with Crippen LogP contribution in [0.5, 0.6) is 17.2 Å². The van der Waals surface area contributed by atoms with Crippen molar-refractivity contribution < 1.29 is 28.9 Å². The van der Waals surface area contributed by atoms with Crippen molar-refractivity contribution in [2.45, 2.75) is 0 Å². The van der Waals surface area contributed by atoms with Crippen molar-refractivity contribution in [3.8, 4) is 17.2 Å². The Morgan fingerprint density at radius 3 is 2.62 bits per heavy atom. The molecule has 7 nitrogen and oxygen atoms in total. The van der Waals surface area contributed by atoms with E-state index in [9.17, 15) is 19.1 Å². The van der Waals surface area contributed by atoms with E-state index in [2.05, 4.69) is 10.3 Å². The number of carboxylic acids is 1. The summed E-state index contributed by atoms with van der Waals surface area (Å²) in [4.78, 5) is 26.4. The van der Waals surface area contributed by atoms with Gasteiger partial charge in [0.1, 0.15) is 29.6 Å². The Morgan fingerprint density at radius 2 is 1.88 bits per heavy atom. The summed E-state index contributed by atoms with van der Waals surface area (Å²) in [6, 6.07) is 11.7. The number of benzene rings is 2. The van der Waals surface area contributed by atoms with Crippen molar-refractivity contribution in [3.05, 3.63) is 60.0 Å². The van der Waals surface area contributed by atoms with Gasteiger partial charge in [0, 0.05) is 11.5 Å². The van der Waals surface area contributed by atoms with Crippen molar-refractivity contribution in [2.75, 3.05) is 6.54 Å². The lowest BCUT2D eigenvalue weighted by atomic mass is 10.1. The summed E-state index contributed by atoms with van der Waals surface area (Å²) < 4.78 is 18.8. The highest BCUT2D eigenvalue weighted by Crippen LogP contribution is 2.28. The van der Waals surface area contributed by atoms with Crippen molar-refractivity contribution in [2.24, 2.45) is 0 Å². The van der Waals surface area contributed by atoms with Gasteiger partial charge < -0.3 is 20.3 Å². The Bertz CT molecular complexity index is 1010. The Balaban J connectivity index is 1.88. The van der Waals surface area contributed by atoms with Gasteiger partial charge in [0.25, 0.3) is 5.91 Å². The van der Waals surface area contributed by atoms with Crippen LogP contribution in [0.3, 0.4) is 0 Å². The maximum absolute atomic E-state index is 13.2. The molecule has 3 N–H and O–H groups in total. The van der Waals surface area contributed by atoms with Gasteiger partial charge in [-0.15, -0.1) is 0 Å². The minimum atomic E-state index is -1.21. The molecular formula is C18H13FN2O5. The number of pyridine rings is 1. The molecular weight excluding hydrogens is 343 g/mol. The zero-order chi connectivity index (χ0) is 18.7. The van der Waals surface area contributed by atoms with E-state index in [4.69, 9.17) is 9.84 Å². The maximum Gasteiger partial charge on any atom is 0.322 e. The third kappa shape index (κ3) is 3.86. The lowest BCUT2D eigenvalue weighted by Gasteiger charge is -2.09. The van der Waals surface area contributed by atoms with Gasteiger partial charge in [-0.1, -0.05) is 6.07 Å². The molecule has 0 aliphatic heterocycles. The summed E-state index contributed by atoms with van der Waals surface area (Å²) in [7, 11) is 0. The molecule has 0 radical (unpaired) electrons. The number of rotatable bonds is 5. The summed E-state index contributed by atoms with van der Waals surface area (Å²) in [6.45, 7) is -0.585. The number of nitrogens with one attached hydrogen (secondary N) is 1. The summed E-state index contributed by atoms with van der Waals surface area (Å²) in [5, 5.41) is 21.2. The molecule has 0 saturated heterocycles. The minimum Gasteiger partial charge on any atom is -0.505 e. The lowest BCUT2D eigenvalue weighted by molar-refractivity contribution is -0.135. The van der Waals surface area contributed by atoms with Crippen molar-refractivity contribution >= 4 is 22.8 Å². The van der Waals surface area contributed by atoms with Crippen LogP contribution < -0.4 is 10.1 Å². The third-order valence-corrected chi connectivity index (χ3v) is 3.41. The number of carbonyl (C=O) groups excluding carboxylic acids is 1. The molecule has 26 heavy (non-hydrogen) atoms. The maximum atomic E-state index is 13.2. The van der Waals surface area contributed by atoms with Gasteiger partial charge in [0.15, 0.2) is 5.69 Å². The van der Waals surface area contributed by atoms with E-state index in [0.717, 1.165) is 0 Å². The first-order valence-corrected chi connectivity index (χ1v) is 7.49. The Morgan fingerprint density at radius 1 is 1.12 bits per heavy atom. The fourth-order valence-corrected chi connectivity index (χ4v) is 2.28. The van der Waals surface area contributed by atoms with Crippen LogP contribution in [0.25, 0.3) is 10.9 Å². The van der Waals surface area contributed by atoms with E-state index in [-0.39, 0.29) is 5.69 Å². The molecule has 2 aromatic carbocycles. The molecule has 1 amide bonds. The van der Waals surface area contributed by atoms with E-state index in [1.165, 1.54) is 24.3 Å². The van der Waals surface area contributed by atoms with Gasteiger partial charge in [-0.3, -0.25) is 9.59 Å². The first-order valence-electron chi connectivity index (χ1n) is 7.49. The Labute approximate surface area is 146 Å². The first-order chi connectivity index (χ1) is 12.4. The van der Waals surface area contributed by atoms with E-state index in [1.807, 2.05) is 0 Å². The molecule has 3 aromatic rings. The normalized spacial score (nSPS) is 10.5. The lowest BCUT2D eigenvalue weighted by Crippen LogP contribution is -2.29. The van der Waals surface area contributed by atoms with Crippen LogP contribution in [0.15, 0.2) is 48.5 Å². The number of nitrogens with zero attached hydrogens (tertiary/aromatic N) is 1. The van der Waals surface area contributed by atoms with Crippen LogP contribution in [0.2, 0.25) is 0 Å². The highest BCUT2D eigenvalue weighted by molar-refractivity contribution is 5.99. The zero-order valence-corrected chi connectivity index (χ0v) is 13.3. The molecule has 1 heterocycles. The van der Waals surface area contributed by atoms with E-state index in [0.29, 0.717) is 22.4 Å². The SMILES string of the molecule is O=C(O)CNC(=O)c1nc2ccc(Oc3cccc(F)c3)cc2cc1O. The fourth-order valence-electron chi connectivity index (χ4n) is 2.28. The standard InChI is InChI=1S/C18H13FN2O5/c19-11-2-1-3-12(8-11)26-13-4-5-14-10(6-13)7-15(22)17(21-14)18(25)20-9-16(23)24/h1-8,22H,9H2,(H,20,25)(H,23,24). The molecule has 0 saturated carbocycles. The second-order valence-corrected chi connectivity index (χ2v) is 5.35. The van der Waals surface area contributed by atoms with Crippen LogP contribution in [0, 0.1) is 5.82 Å².